The highest BCUT2D eigenvalue weighted by Gasteiger charge is 2.24. The van der Waals surface area contributed by atoms with Gasteiger partial charge in [0.25, 0.3) is 5.91 Å². The molecule has 1 aromatic heterocycles. The molecule has 1 aliphatic heterocycles. The lowest BCUT2D eigenvalue weighted by molar-refractivity contribution is 0.0352. The molecule has 1 amide bonds. The summed E-state index contributed by atoms with van der Waals surface area (Å²) in [5, 5.41) is 0.949. The van der Waals surface area contributed by atoms with Gasteiger partial charge in [-0.15, -0.1) is 0 Å². The van der Waals surface area contributed by atoms with Gasteiger partial charge in [0, 0.05) is 31.3 Å². The summed E-state index contributed by atoms with van der Waals surface area (Å²) < 4.78 is 5.38. The van der Waals surface area contributed by atoms with Crippen molar-refractivity contribution in [3.05, 3.63) is 41.1 Å². The van der Waals surface area contributed by atoms with Crippen LogP contribution in [0.5, 0.6) is 0 Å². The Balaban J connectivity index is 1.95. The molecular formula is C18H22N2O2. The van der Waals surface area contributed by atoms with Gasteiger partial charge < -0.3 is 9.64 Å². The fourth-order valence-electron chi connectivity index (χ4n) is 3.11. The maximum atomic E-state index is 12.9. The van der Waals surface area contributed by atoms with Crippen LogP contribution in [-0.2, 0) is 4.74 Å². The van der Waals surface area contributed by atoms with Crippen LogP contribution in [0.1, 0.15) is 34.5 Å². The Labute approximate surface area is 131 Å². The van der Waals surface area contributed by atoms with E-state index in [0.29, 0.717) is 0 Å². The van der Waals surface area contributed by atoms with Crippen LogP contribution in [-0.4, -0.2) is 42.1 Å². The van der Waals surface area contributed by atoms with E-state index < -0.39 is 0 Å². The third kappa shape index (κ3) is 2.83. The second-order valence-corrected chi connectivity index (χ2v) is 6.06. The van der Waals surface area contributed by atoms with Crippen molar-refractivity contribution in [3.63, 3.8) is 0 Å². The quantitative estimate of drug-likeness (QED) is 0.855. The zero-order valence-electron chi connectivity index (χ0n) is 13.4. The van der Waals surface area contributed by atoms with Crippen molar-refractivity contribution >= 4 is 16.8 Å². The first-order valence-corrected chi connectivity index (χ1v) is 7.78. The Morgan fingerprint density at radius 2 is 1.95 bits per heavy atom. The summed E-state index contributed by atoms with van der Waals surface area (Å²) in [7, 11) is 1.74. The van der Waals surface area contributed by atoms with Crippen LogP contribution in [0.2, 0.25) is 0 Å². The van der Waals surface area contributed by atoms with Crippen molar-refractivity contribution in [2.24, 2.45) is 0 Å². The number of benzene rings is 1. The molecule has 0 unspecified atom stereocenters. The number of aryl methyl sites for hydroxylation is 2. The van der Waals surface area contributed by atoms with Crippen molar-refractivity contribution < 1.29 is 9.53 Å². The molecular weight excluding hydrogens is 276 g/mol. The fraction of sp³-hybridized carbons (Fsp3) is 0.444. The van der Waals surface area contributed by atoms with Crippen molar-refractivity contribution in [1.29, 1.82) is 0 Å². The van der Waals surface area contributed by atoms with E-state index in [1.54, 1.807) is 7.11 Å². The molecule has 4 heteroatoms. The van der Waals surface area contributed by atoms with Crippen LogP contribution in [0.25, 0.3) is 10.9 Å². The number of hydrogen-bond donors (Lipinski definition) is 0. The number of carbonyl (C=O) groups excluding carboxylic acids is 1. The van der Waals surface area contributed by atoms with Gasteiger partial charge in [-0.1, -0.05) is 11.6 Å². The first-order valence-electron chi connectivity index (χ1n) is 7.78. The number of ether oxygens (including phenoxy) is 1. The third-order valence-corrected chi connectivity index (χ3v) is 4.39. The summed E-state index contributed by atoms with van der Waals surface area (Å²) >= 11 is 0. The van der Waals surface area contributed by atoms with E-state index in [-0.39, 0.29) is 12.0 Å². The Hall–Kier alpha value is -1.94. The number of methoxy groups -OCH3 is 1. The molecule has 1 aliphatic rings. The van der Waals surface area contributed by atoms with Crippen molar-refractivity contribution in [2.75, 3.05) is 20.2 Å². The first kappa shape index (κ1) is 15.0. The zero-order valence-corrected chi connectivity index (χ0v) is 13.4. The number of rotatable bonds is 2. The number of piperidine rings is 1. The number of hydrogen-bond acceptors (Lipinski definition) is 3. The molecule has 0 bridgehead atoms. The Morgan fingerprint density at radius 1 is 1.23 bits per heavy atom. The van der Waals surface area contributed by atoms with E-state index in [2.05, 4.69) is 11.1 Å². The van der Waals surface area contributed by atoms with E-state index in [9.17, 15) is 4.79 Å². The molecule has 0 N–H and O–H groups in total. The number of amides is 1. The van der Waals surface area contributed by atoms with Crippen LogP contribution in [0.15, 0.2) is 24.3 Å². The molecule has 0 radical (unpaired) electrons. The molecule has 22 heavy (non-hydrogen) atoms. The monoisotopic (exact) mass is 298 g/mol. The molecule has 116 valence electrons. The molecule has 1 aromatic carbocycles. The summed E-state index contributed by atoms with van der Waals surface area (Å²) in [5.41, 5.74) is 3.68. The first-order chi connectivity index (χ1) is 10.6. The van der Waals surface area contributed by atoms with Crippen molar-refractivity contribution in [1.82, 2.24) is 9.88 Å². The molecule has 3 rings (SSSR count). The van der Waals surface area contributed by atoms with Gasteiger partial charge in [-0.25, -0.2) is 0 Å². The van der Waals surface area contributed by atoms with Gasteiger partial charge in [-0.3, -0.25) is 9.78 Å². The minimum absolute atomic E-state index is 0.107. The predicted octanol–water partition coefficient (Wildman–Crippen LogP) is 3.10. The summed E-state index contributed by atoms with van der Waals surface area (Å²) in [6.45, 7) is 5.49. The van der Waals surface area contributed by atoms with E-state index in [1.807, 2.05) is 36.9 Å². The average Bonchev–Trinajstić information content (AvgIpc) is 2.54. The van der Waals surface area contributed by atoms with Gasteiger partial charge in [-0.2, -0.15) is 0 Å². The second kappa shape index (κ2) is 6.05. The summed E-state index contributed by atoms with van der Waals surface area (Å²) in [6.07, 6.45) is 2.09. The third-order valence-electron chi connectivity index (χ3n) is 4.39. The van der Waals surface area contributed by atoms with Gasteiger partial charge >= 0.3 is 0 Å². The highest BCUT2D eigenvalue weighted by Crippen LogP contribution is 2.23. The standard InChI is InChI=1S/C18H22N2O2/c1-12-4-5-17-15(10-12)16(11-13(2)19-17)18(21)20-8-6-14(22-3)7-9-20/h4-5,10-11,14H,6-9H2,1-3H3. The predicted molar refractivity (Wildman–Crippen MR) is 87.2 cm³/mol. The minimum atomic E-state index is 0.107. The Kier molecular flexibility index (Phi) is 4.12. The van der Waals surface area contributed by atoms with Crippen molar-refractivity contribution in [2.45, 2.75) is 32.8 Å². The molecule has 4 nitrogen and oxygen atoms in total. The van der Waals surface area contributed by atoms with Gasteiger partial charge in [-0.05, 0) is 44.9 Å². The zero-order chi connectivity index (χ0) is 15.7. The summed E-state index contributed by atoms with van der Waals surface area (Å²) in [6, 6.07) is 7.99. The maximum absolute atomic E-state index is 12.9. The Bertz CT molecular complexity index is 704. The van der Waals surface area contributed by atoms with Crippen LogP contribution in [0.3, 0.4) is 0 Å². The maximum Gasteiger partial charge on any atom is 0.254 e. The van der Waals surface area contributed by atoms with Gasteiger partial charge in [0.1, 0.15) is 0 Å². The molecule has 1 fully saturated rings. The number of aromatic nitrogens is 1. The molecule has 0 spiro atoms. The van der Waals surface area contributed by atoms with Crippen molar-refractivity contribution in [3.8, 4) is 0 Å². The number of nitrogens with zero attached hydrogens (tertiary/aromatic N) is 2. The highest BCUT2D eigenvalue weighted by atomic mass is 16.5. The molecule has 1 saturated heterocycles. The van der Waals surface area contributed by atoms with Gasteiger partial charge in [0.2, 0.25) is 0 Å². The number of pyridine rings is 1. The van der Waals surface area contributed by atoms with Crippen LogP contribution < -0.4 is 0 Å². The molecule has 0 aliphatic carbocycles. The number of carbonyl (C=O) groups is 1. The van der Waals surface area contributed by atoms with E-state index in [4.69, 9.17) is 4.74 Å². The van der Waals surface area contributed by atoms with Crippen LogP contribution >= 0.6 is 0 Å². The Morgan fingerprint density at radius 3 is 2.64 bits per heavy atom. The topological polar surface area (TPSA) is 42.4 Å². The summed E-state index contributed by atoms with van der Waals surface area (Å²) in [5.74, 6) is 0.107. The van der Waals surface area contributed by atoms with Gasteiger partial charge in [0.15, 0.2) is 0 Å². The van der Waals surface area contributed by atoms with Crippen LogP contribution in [0.4, 0.5) is 0 Å². The lowest BCUT2D eigenvalue weighted by atomic mass is 10.0. The van der Waals surface area contributed by atoms with E-state index in [0.717, 1.165) is 53.7 Å². The number of fused-ring (bicyclic) bond motifs is 1. The fourth-order valence-corrected chi connectivity index (χ4v) is 3.11. The smallest absolute Gasteiger partial charge is 0.254 e. The SMILES string of the molecule is COC1CCN(C(=O)c2cc(C)nc3ccc(C)cc23)CC1. The minimum Gasteiger partial charge on any atom is -0.381 e. The lowest BCUT2D eigenvalue weighted by Gasteiger charge is -2.31. The summed E-state index contributed by atoms with van der Waals surface area (Å²) in [4.78, 5) is 19.4. The second-order valence-electron chi connectivity index (χ2n) is 6.06. The van der Waals surface area contributed by atoms with Gasteiger partial charge in [0.05, 0.1) is 17.2 Å². The lowest BCUT2D eigenvalue weighted by Crippen LogP contribution is -2.40. The van der Waals surface area contributed by atoms with E-state index >= 15 is 0 Å². The average molecular weight is 298 g/mol. The number of likely N-dealkylation sites (tertiary alicyclic amines) is 1. The molecule has 2 aromatic rings. The normalized spacial score (nSPS) is 16.2. The molecule has 0 saturated carbocycles. The van der Waals surface area contributed by atoms with E-state index in [1.165, 1.54) is 0 Å². The van der Waals surface area contributed by atoms with Crippen LogP contribution in [0, 0.1) is 13.8 Å². The highest BCUT2D eigenvalue weighted by molar-refractivity contribution is 6.06. The molecule has 2 heterocycles. The largest absolute Gasteiger partial charge is 0.381 e. The molecule has 0 atom stereocenters.